The lowest BCUT2D eigenvalue weighted by atomic mass is 10.1. The maximum Gasteiger partial charge on any atom is 0.263 e. The van der Waals surface area contributed by atoms with E-state index < -0.39 is 21.7 Å². The number of ether oxygens (including phenoxy) is 1. The zero-order valence-electron chi connectivity index (χ0n) is 16.0. The number of fused-ring (bicyclic) bond motifs is 2. The Morgan fingerprint density at radius 3 is 2.60 bits per heavy atom. The Labute approximate surface area is 173 Å². The third kappa shape index (κ3) is 3.71. The van der Waals surface area contributed by atoms with Gasteiger partial charge in [0.25, 0.3) is 15.9 Å². The molecule has 30 heavy (non-hydrogen) atoms. The summed E-state index contributed by atoms with van der Waals surface area (Å²) in [4.78, 5) is 18.8. The molecule has 0 atom stereocenters. The summed E-state index contributed by atoms with van der Waals surface area (Å²) >= 11 is 0. The van der Waals surface area contributed by atoms with Crippen molar-refractivity contribution < 1.29 is 22.3 Å². The van der Waals surface area contributed by atoms with Crippen LogP contribution in [0.15, 0.2) is 65.7 Å². The van der Waals surface area contributed by atoms with E-state index in [-0.39, 0.29) is 21.9 Å². The zero-order valence-corrected chi connectivity index (χ0v) is 16.8. The maximum absolute atomic E-state index is 13.2. The monoisotopic (exact) mass is 427 g/mol. The van der Waals surface area contributed by atoms with Gasteiger partial charge in [-0.3, -0.25) is 14.4 Å². The summed E-state index contributed by atoms with van der Waals surface area (Å²) in [5.41, 5.74) is 0.321. The van der Waals surface area contributed by atoms with Gasteiger partial charge < -0.3 is 4.74 Å². The third-order valence-electron chi connectivity index (χ3n) is 4.51. The lowest BCUT2D eigenvalue weighted by molar-refractivity contribution is 0.0986. The second kappa shape index (κ2) is 7.75. The van der Waals surface area contributed by atoms with Crippen molar-refractivity contribution in [1.29, 1.82) is 0 Å². The van der Waals surface area contributed by atoms with Crippen molar-refractivity contribution >= 4 is 27.4 Å². The van der Waals surface area contributed by atoms with E-state index in [0.29, 0.717) is 24.5 Å². The van der Waals surface area contributed by atoms with Crippen LogP contribution in [-0.2, 0) is 10.0 Å². The van der Waals surface area contributed by atoms with Crippen LogP contribution in [-0.4, -0.2) is 25.9 Å². The highest BCUT2D eigenvalue weighted by Crippen LogP contribution is 2.38. The normalized spacial score (nSPS) is 13.1. The van der Waals surface area contributed by atoms with Gasteiger partial charge in [-0.1, -0.05) is 6.92 Å². The number of benzene rings is 2. The summed E-state index contributed by atoms with van der Waals surface area (Å²) < 4.78 is 46.9. The Balaban J connectivity index is 1.74. The fourth-order valence-electron chi connectivity index (χ4n) is 3.12. The molecular weight excluding hydrogens is 409 g/mol. The Kier molecular flexibility index (Phi) is 5.13. The maximum atomic E-state index is 13.2. The van der Waals surface area contributed by atoms with Gasteiger partial charge in [-0.2, -0.15) is 0 Å². The second-order valence-electron chi connectivity index (χ2n) is 6.65. The fraction of sp³-hybridized carbons (Fsp3) is 0.143. The molecule has 4 rings (SSSR count). The van der Waals surface area contributed by atoms with Crippen LogP contribution < -0.4 is 14.4 Å². The second-order valence-corrected chi connectivity index (χ2v) is 8.34. The van der Waals surface area contributed by atoms with Crippen LogP contribution in [0, 0.1) is 5.82 Å². The molecule has 9 heteroatoms. The minimum Gasteiger partial charge on any atom is -0.453 e. The van der Waals surface area contributed by atoms with Crippen molar-refractivity contribution in [2.45, 2.75) is 18.2 Å². The van der Waals surface area contributed by atoms with Gasteiger partial charge in [-0.05, 0) is 61.0 Å². The molecule has 0 saturated carbocycles. The molecule has 1 aliphatic heterocycles. The zero-order chi connectivity index (χ0) is 21.3. The number of hydrogen-bond acceptors (Lipinski definition) is 5. The predicted molar refractivity (Wildman–Crippen MR) is 110 cm³/mol. The smallest absolute Gasteiger partial charge is 0.263 e. The molecule has 0 aliphatic carbocycles. The van der Waals surface area contributed by atoms with Gasteiger partial charge in [-0.25, -0.2) is 17.8 Å². The number of sulfonamides is 1. The number of amides is 1. The molecule has 1 N–H and O–H groups in total. The van der Waals surface area contributed by atoms with Crippen LogP contribution in [0.25, 0.3) is 0 Å². The molecule has 154 valence electrons. The van der Waals surface area contributed by atoms with Crippen LogP contribution in [0.3, 0.4) is 0 Å². The van der Waals surface area contributed by atoms with E-state index in [9.17, 15) is 17.6 Å². The predicted octanol–water partition coefficient (Wildman–Crippen LogP) is 4.18. The van der Waals surface area contributed by atoms with Crippen LogP contribution in [0.2, 0.25) is 0 Å². The Morgan fingerprint density at radius 1 is 1.10 bits per heavy atom. The minimum atomic E-state index is -4.01. The first kappa shape index (κ1) is 19.8. The highest BCUT2D eigenvalue weighted by Gasteiger charge is 2.30. The number of nitrogens with one attached hydrogen (secondary N) is 1. The highest BCUT2D eigenvalue weighted by molar-refractivity contribution is 7.92. The van der Waals surface area contributed by atoms with Crippen LogP contribution in [0.5, 0.6) is 11.5 Å². The number of hydrogen-bond donors (Lipinski definition) is 1. The van der Waals surface area contributed by atoms with Crippen LogP contribution in [0.4, 0.5) is 15.9 Å². The average molecular weight is 427 g/mol. The molecule has 7 nitrogen and oxygen atoms in total. The van der Waals surface area contributed by atoms with Crippen molar-refractivity contribution in [1.82, 2.24) is 4.98 Å². The van der Waals surface area contributed by atoms with E-state index in [1.54, 1.807) is 18.3 Å². The van der Waals surface area contributed by atoms with Crippen molar-refractivity contribution in [2.75, 3.05) is 16.2 Å². The van der Waals surface area contributed by atoms with Crippen molar-refractivity contribution in [3.8, 4) is 11.5 Å². The molecule has 1 aromatic heterocycles. The molecule has 0 unspecified atom stereocenters. The number of carbonyl (C=O) groups excluding carboxylic acids is 1. The Bertz CT molecular complexity index is 1210. The first-order valence-electron chi connectivity index (χ1n) is 9.26. The van der Waals surface area contributed by atoms with Gasteiger partial charge in [0.2, 0.25) is 0 Å². The van der Waals surface area contributed by atoms with Crippen molar-refractivity contribution in [3.63, 3.8) is 0 Å². The standard InChI is InChI=1S/C21H18FN3O4S/c1-2-12-25-20-19(4-3-11-23-20)29-18-10-9-16(13-17(18)21(25)26)30(27,28)24-15-7-5-14(22)6-8-15/h3-11,13,24H,2,12H2,1H3. The lowest BCUT2D eigenvalue weighted by Gasteiger charge is -2.20. The number of nitrogens with zero attached hydrogens (tertiary/aromatic N) is 2. The summed E-state index contributed by atoms with van der Waals surface area (Å²) in [7, 11) is -4.01. The molecule has 0 fully saturated rings. The van der Waals surface area contributed by atoms with Gasteiger partial charge >= 0.3 is 0 Å². The number of pyridine rings is 1. The molecule has 0 bridgehead atoms. The van der Waals surface area contributed by atoms with E-state index in [1.165, 1.54) is 35.2 Å². The summed E-state index contributed by atoms with van der Waals surface area (Å²) in [5, 5.41) is 0. The molecule has 0 radical (unpaired) electrons. The Hall–Kier alpha value is -3.46. The first-order chi connectivity index (χ1) is 14.4. The number of halogens is 1. The number of carbonyl (C=O) groups is 1. The van der Waals surface area contributed by atoms with Crippen molar-refractivity contribution in [2.24, 2.45) is 0 Å². The molecule has 3 aromatic rings. The molecule has 2 aromatic carbocycles. The van der Waals surface area contributed by atoms with E-state index in [1.807, 2.05) is 6.92 Å². The summed E-state index contributed by atoms with van der Waals surface area (Å²) in [6.45, 7) is 2.33. The average Bonchev–Trinajstić information content (AvgIpc) is 2.84. The summed E-state index contributed by atoms with van der Waals surface area (Å²) in [6, 6.07) is 12.4. The number of aromatic nitrogens is 1. The third-order valence-corrected chi connectivity index (χ3v) is 5.89. The minimum absolute atomic E-state index is 0.113. The van der Waals surface area contributed by atoms with E-state index in [4.69, 9.17) is 4.74 Å². The molecule has 1 amide bonds. The molecule has 0 saturated heterocycles. The summed E-state index contributed by atoms with van der Waals surface area (Å²) in [6.07, 6.45) is 2.25. The molecule has 0 spiro atoms. The topological polar surface area (TPSA) is 88.6 Å². The SMILES string of the molecule is CCCN1C(=O)c2cc(S(=O)(=O)Nc3ccc(F)cc3)ccc2Oc2cccnc21. The van der Waals surface area contributed by atoms with E-state index in [2.05, 4.69) is 9.71 Å². The number of rotatable bonds is 5. The summed E-state index contributed by atoms with van der Waals surface area (Å²) in [5.74, 6) is 0.166. The van der Waals surface area contributed by atoms with E-state index in [0.717, 1.165) is 12.1 Å². The largest absolute Gasteiger partial charge is 0.453 e. The quantitative estimate of drug-likeness (QED) is 0.660. The molecule has 1 aliphatic rings. The lowest BCUT2D eigenvalue weighted by Crippen LogP contribution is -2.31. The van der Waals surface area contributed by atoms with Gasteiger partial charge in [0.1, 0.15) is 11.6 Å². The van der Waals surface area contributed by atoms with E-state index >= 15 is 0 Å². The van der Waals surface area contributed by atoms with Gasteiger partial charge in [-0.15, -0.1) is 0 Å². The Morgan fingerprint density at radius 2 is 1.87 bits per heavy atom. The van der Waals surface area contributed by atoms with Crippen molar-refractivity contribution in [3.05, 3.63) is 72.2 Å². The van der Waals surface area contributed by atoms with Gasteiger partial charge in [0.05, 0.1) is 10.5 Å². The van der Waals surface area contributed by atoms with Crippen LogP contribution in [0.1, 0.15) is 23.7 Å². The van der Waals surface area contributed by atoms with Crippen LogP contribution >= 0.6 is 0 Å². The van der Waals surface area contributed by atoms with Gasteiger partial charge in [0, 0.05) is 18.4 Å². The highest BCUT2D eigenvalue weighted by atomic mass is 32.2. The fourth-order valence-corrected chi connectivity index (χ4v) is 4.20. The molecular formula is C21H18FN3O4S. The number of anilines is 2. The molecule has 2 heterocycles. The van der Waals surface area contributed by atoms with Gasteiger partial charge in [0.15, 0.2) is 11.6 Å². The first-order valence-corrected chi connectivity index (χ1v) is 10.7.